The summed E-state index contributed by atoms with van der Waals surface area (Å²) in [6, 6.07) is 0.212. The summed E-state index contributed by atoms with van der Waals surface area (Å²) >= 11 is 0. The molecule has 9 heteroatoms. The van der Waals surface area contributed by atoms with Gasteiger partial charge >= 0.3 is 5.97 Å². The summed E-state index contributed by atoms with van der Waals surface area (Å²) < 4.78 is 27.5. The van der Waals surface area contributed by atoms with Gasteiger partial charge in [-0.05, 0) is 18.9 Å². The number of hydrogen-bond donors (Lipinski definition) is 2. The maximum Gasteiger partial charge on any atom is 0.322 e. The number of amides is 1. The van der Waals surface area contributed by atoms with Crippen LogP contribution in [-0.2, 0) is 21.9 Å². The summed E-state index contributed by atoms with van der Waals surface area (Å²) in [6.07, 6.45) is 2.12. The topological polar surface area (TPSA) is 109 Å². The lowest BCUT2D eigenvalue weighted by Crippen LogP contribution is -2.40. The number of aryl methyl sites for hydroxylation is 1. The number of nitrogens with zero attached hydrogens (tertiary/aromatic N) is 2. The number of aliphatic carboxylic acids is 1. The number of hydrogen-bond acceptors (Lipinski definition) is 4. The molecule has 0 unspecified atom stereocenters. The van der Waals surface area contributed by atoms with E-state index in [1.807, 2.05) is 0 Å². The van der Waals surface area contributed by atoms with E-state index in [0.29, 0.717) is 12.8 Å². The van der Waals surface area contributed by atoms with Crippen molar-refractivity contribution in [3.8, 4) is 0 Å². The Balaban J connectivity index is 2.41. The van der Waals surface area contributed by atoms with Crippen molar-refractivity contribution in [3.05, 3.63) is 18.0 Å². The van der Waals surface area contributed by atoms with Gasteiger partial charge in [-0.2, -0.15) is 4.31 Å². The molecule has 2 heterocycles. The van der Waals surface area contributed by atoms with Crippen LogP contribution in [0, 0.1) is 0 Å². The molecule has 1 atom stereocenters. The standard InChI is InChI=1S/C12H17N3O5S/c1-13-11(16)10-6-8(7-14(10)2)21(19,20)15-5-3-4-9(15)12(17)18/h6-7,9H,3-5H2,1-2H3,(H,13,16)(H,17,18)/t9-/m0/s1. The minimum Gasteiger partial charge on any atom is -0.480 e. The average molecular weight is 315 g/mol. The van der Waals surface area contributed by atoms with E-state index < -0.39 is 27.9 Å². The van der Waals surface area contributed by atoms with Gasteiger partial charge in [0.2, 0.25) is 10.0 Å². The van der Waals surface area contributed by atoms with E-state index in [2.05, 4.69) is 5.32 Å². The van der Waals surface area contributed by atoms with E-state index in [1.54, 1.807) is 7.05 Å². The zero-order valence-corrected chi connectivity index (χ0v) is 12.6. The first-order chi connectivity index (χ1) is 9.78. The highest BCUT2D eigenvalue weighted by Gasteiger charge is 2.40. The van der Waals surface area contributed by atoms with Gasteiger partial charge in [0.1, 0.15) is 16.6 Å². The fourth-order valence-electron chi connectivity index (χ4n) is 2.44. The van der Waals surface area contributed by atoms with Gasteiger partial charge in [-0.25, -0.2) is 8.42 Å². The van der Waals surface area contributed by atoms with Crippen molar-refractivity contribution in [2.45, 2.75) is 23.8 Å². The van der Waals surface area contributed by atoms with Crippen LogP contribution in [0.3, 0.4) is 0 Å². The third-order valence-electron chi connectivity index (χ3n) is 3.53. The van der Waals surface area contributed by atoms with Crippen molar-refractivity contribution >= 4 is 21.9 Å². The van der Waals surface area contributed by atoms with Gasteiger partial charge in [-0.1, -0.05) is 0 Å². The Labute approximate surface area is 122 Å². The minimum atomic E-state index is -3.92. The summed E-state index contributed by atoms with van der Waals surface area (Å²) in [7, 11) is -0.918. The van der Waals surface area contributed by atoms with Gasteiger partial charge in [0, 0.05) is 26.8 Å². The molecule has 21 heavy (non-hydrogen) atoms. The van der Waals surface area contributed by atoms with E-state index in [4.69, 9.17) is 5.11 Å². The summed E-state index contributed by atoms with van der Waals surface area (Å²) in [5.74, 6) is -1.56. The zero-order valence-electron chi connectivity index (χ0n) is 11.7. The van der Waals surface area contributed by atoms with E-state index in [0.717, 1.165) is 4.31 Å². The maximum absolute atomic E-state index is 12.5. The van der Waals surface area contributed by atoms with Crippen LogP contribution in [0.25, 0.3) is 0 Å². The molecular formula is C12H17N3O5S. The lowest BCUT2D eigenvalue weighted by molar-refractivity contribution is -0.140. The molecule has 0 saturated carbocycles. The van der Waals surface area contributed by atoms with Crippen LogP contribution >= 0.6 is 0 Å². The quantitative estimate of drug-likeness (QED) is 0.787. The van der Waals surface area contributed by atoms with E-state index in [-0.39, 0.29) is 17.1 Å². The van der Waals surface area contributed by atoms with Crippen molar-refractivity contribution in [1.29, 1.82) is 0 Å². The molecular weight excluding hydrogens is 298 g/mol. The average Bonchev–Trinajstić information content (AvgIpc) is 3.04. The molecule has 1 aromatic rings. The predicted molar refractivity (Wildman–Crippen MR) is 73.4 cm³/mol. The summed E-state index contributed by atoms with van der Waals surface area (Å²) in [5, 5.41) is 11.5. The molecule has 2 N–H and O–H groups in total. The number of rotatable bonds is 4. The van der Waals surface area contributed by atoms with E-state index in [9.17, 15) is 18.0 Å². The summed E-state index contributed by atoms with van der Waals surface area (Å²) in [5.41, 5.74) is 0.196. The van der Waals surface area contributed by atoms with E-state index >= 15 is 0 Å². The smallest absolute Gasteiger partial charge is 0.322 e. The summed E-state index contributed by atoms with van der Waals surface area (Å²) in [6.45, 7) is 0.170. The minimum absolute atomic E-state index is 0.0725. The van der Waals surface area contributed by atoms with Gasteiger partial charge in [-0.15, -0.1) is 0 Å². The molecule has 0 bridgehead atoms. The van der Waals surface area contributed by atoms with Crippen molar-refractivity contribution < 1.29 is 23.1 Å². The Bertz CT molecular complexity index is 679. The lowest BCUT2D eigenvalue weighted by Gasteiger charge is -2.19. The highest BCUT2D eigenvalue weighted by atomic mass is 32.2. The molecule has 0 spiro atoms. The number of carboxylic acid groups (broad SMARTS) is 1. The van der Waals surface area contributed by atoms with Crippen molar-refractivity contribution in [2.24, 2.45) is 7.05 Å². The number of carboxylic acids is 1. The first kappa shape index (κ1) is 15.5. The highest BCUT2D eigenvalue weighted by molar-refractivity contribution is 7.89. The van der Waals surface area contributed by atoms with Gasteiger partial charge in [0.15, 0.2) is 0 Å². The molecule has 116 valence electrons. The molecule has 1 aliphatic heterocycles. The van der Waals surface area contributed by atoms with Gasteiger partial charge in [0.25, 0.3) is 5.91 Å². The fourth-order valence-corrected chi connectivity index (χ4v) is 4.16. The largest absolute Gasteiger partial charge is 0.480 e. The molecule has 2 rings (SSSR count). The lowest BCUT2D eigenvalue weighted by atomic mass is 10.2. The van der Waals surface area contributed by atoms with Crippen LogP contribution in [0.4, 0.5) is 0 Å². The Morgan fingerprint density at radius 2 is 2.10 bits per heavy atom. The van der Waals surface area contributed by atoms with E-state index in [1.165, 1.54) is 23.9 Å². The first-order valence-corrected chi connectivity index (χ1v) is 7.86. The van der Waals surface area contributed by atoms with Crippen LogP contribution in [0.15, 0.2) is 17.2 Å². The molecule has 1 saturated heterocycles. The molecule has 0 aromatic carbocycles. The van der Waals surface area contributed by atoms with Crippen molar-refractivity contribution in [1.82, 2.24) is 14.2 Å². The molecule has 0 radical (unpaired) electrons. The number of aromatic nitrogens is 1. The Kier molecular flexibility index (Phi) is 4.06. The van der Waals surface area contributed by atoms with Crippen LogP contribution in [-0.4, -0.2) is 53.9 Å². The second-order valence-electron chi connectivity index (χ2n) is 4.86. The predicted octanol–water partition coefficient (Wildman–Crippen LogP) is -0.378. The number of carbonyl (C=O) groups is 2. The highest BCUT2D eigenvalue weighted by Crippen LogP contribution is 2.27. The number of nitrogens with one attached hydrogen (secondary N) is 1. The number of sulfonamides is 1. The second-order valence-corrected chi connectivity index (χ2v) is 6.75. The zero-order chi connectivity index (χ0) is 15.8. The molecule has 8 nitrogen and oxygen atoms in total. The van der Waals surface area contributed by atoms with Crippen molar-refractivity contribution in [3.63, 3.8) is 0 Å². The normalized spacial score (nSPS) is 19.6. The molecule has 1 aliphatic rings. The fraction of sp³-hybridized carbons (Fsp3) is 0.500. The van der Waals surface area contributed by atoms with Gasteiger partial charge < -0.3 is 15.0 Å². The monoisotopic (exact) mass is 315 g/mol. The van der Waals surface area contributed by atoms with Crippen LogP contribution in [0.1, 0.15) is 23.3 Å². The third-order valence-corrected chi connectivity index (χ3v) is 5.41. The third kappa shape index (κ3) is 2.66. The van der Waals surface area contributed by atoms with Crippen LogP contribution < -0.4 is 5.32 Å². The molecule has 0 aliphatic carbocycles. The van der Waals surface area contributed by atoms with Gasteiger partial charge in [0.05, 0.1) is 0 Å². The van der Waals surface area contributed by atoms with Crippen LogP contribution in [0.5, 0.6) is 0 Å². The Morgan fingerprint density at radius 3 is 2.67 bits per heavy atom. The first-order valence-electron chi connectivity index (χ1n) is 6.42. The Hall–Kier alpha value is -1.87. The number of carbonyl (C=O) groups excluding carboxylic acids is 1. The van der Waals surface area contributed by atoms with Crippen molar-refractivity contribution in [2.75, 3.05) is 13.6 Å². The molecule has 1 amide bonds. The van der Waals surface area contributed by atoms with Crippen LogP contribution in [0.2, 0.25) is 0 Å². The van der Waals surface area contributed by atoms with Gasteiger partial charge in [-0.3, -0.25) is 9.59 Å². The maximum atomic E-state index is 12.5. The SMILES string of the molecule is CNC(=O)c1cc(S(=O)(=O)N2CCC[C@H]2C(=O)O)cn1C. The summed E-state index contributed by atoms with van der Waals surface area (Å²) in [4.78, 5) is 22.7. The molecule has 1 aromatic heterocycles. The second kappa shape index (κ2) is 5.49. The Morgan fingerprint density at radius 1 is 1.43 bits per heavy atom. The molecule has 1 fully saturated rings.